The standard InChI is InChI=1S/C19H27N3O3/c1-12(2)9-22-19(25)17(15(10-23)11-24)16(8-20)18(21-22)14-6-4-13(3)5-7-14/h4-7,12,15,23-24H,8-11,20H2,1-3H3. The molecule has 1 heterocycles. The Morgan fingerprint density at radius 2 is 1.76 bits per heavy atom. The van der Waals surface area contributed by atoms with Crippen LogP contribution in [0.4, 0.5) is 0 Å². The summed E-state index contributed by atoms with van der Waals surface area (Å²) in [7, 11) is 0. The molecule has 0 aliphatic heterocycles. The number of rotatable bonds is 7. The predicted octanol–water partition coefficient (Wildman–Crippen LogP) is 1.40. The Morgan fingerprint density at radius 3 is 2.24 bits per heavy atom. The van der Waals surface area contributed by atoms with Crippen molar-refractivity contribution in [2.24, 2.45) is 11.7 Å². The van der Waals surface area contributed by atoms with Crippen molar-refractivity contribution in [3.05, 3.63) is 51.3 Å². The number of aliphatic hydroxyl groups is 2. The number of aryl methyl sites for hydroxylation is 1. The molecule has 0 radical (unpaired) electrons. The van der Waals surface area contributed by atoms with E-state index in [2.05, 4.69) is 5.10 Å². The van der Waals surface area contributed by atoms with Crippen LogP contribution in [0, 0.1) is 12.8 Å². The highest BCUT2D eigenvalue weighted by atomic mass is 16.3. The largest absolute Gasteiger partial charge is 0.396 e. The van der Waals surface area contributed by atoms with Crippen LogP contribution in [0.3, 0.4) is 0 Å². The molecule has 0 atom stereocenters. The number of hydrogen-bond donors (Lipinski definition) is 3. The van der Waals surface area contributed by atoms with E-state index >= 15 is 0 Å². The number of aliphatic hydroxyl groups excluding tert-OH is 2. The van der Waals surface area contributed by atoms with Gasteiger partial charge in [0.1, 0.15) is 0 Å². The molecule has 136 valence electrons. The Morgan fingerprint density at radius 1 is 1.16 bits per heavy atom. The summed E-state index contributed by atoms with van der Waals surface area (Å²) in [5.41, 5.74) is 9.20. The number of aromatic nitrogens is 2. The van der Waals surface area contributed by atoms with Crippen LogP contribution >= 0.6 is 0 Å². The summed E-state index contributed by atoms with van der Waals surface area (Å²) in [6.45, 7) is 5.94. The van der Waals surface area contributed by atoms with Gasteiger partial charge >= 0.3 is 0 Å². The zero-order valence-electron chi connectivity index (χ0n) is 15.1. The molecule has 6 heteroatoms. The van der Waals surface area contributed by atoms with Gasteiger partial charge < -0.3 is 15.9 Å². The number of benzene rings is 1. The fraction of sp³-hybridized carbons (Fsp3) is 0.474. The van der Waals surface area contributed by atoms with Crippen molar-refractivity contribution in [3.8, 4) is 11.3 Å². The first-order valence-electron chi connectivity index (χ1n) is 8.55. The number of nitrogens with zero attached hydrogens (tertiary/aromatic N) is 2. The first-order chi connectivity index (χ1) is 11.9. The van der Waals surface area contributed by atoms with Crippen molar-refractivity contribution in [2.45, 2.75) is 39.8 Å². The van der Waals surface area contributed by atoms with Gasteiger partial charge in [-0.05, 0) is 12.8 Å². The highest BCUT2D eigenvalue weighted by molar-refractivity contribution is 5.64. The van der Waals surface area contributed by atoms with Gasteiger partial charge in [-0.2, -0.15) is 5.10 Å². The minimum absolute atomic E-state index is 0.111. The molecule has 0 spiro atoms. The van der Waals surface area contributed by atoms with Crippen LogP contribution in [-0.2, 0) is 13.1 Å². The summed E-state index contributed by atoms with van der Waals surface area (Å²) >= 11 is 0. The van der Waals surface area contributed by atoms with Crippen molar-refractivity contribution in [3.63, 3.8) is 0 Å². The van der Waals surface area contributed by atoms with Crippen molar-refractivity contribution < 1.29 is 10.2 Å². The van der Waals surface area contributed by atoms with Crippen LogP contribution in [0.1, 0.15) is 36.5 Å². The van der Waals surface area contributed by atoms with E-state index in [1.54, 1.807) is 0 Å². The molecule has 0 amide bonds. The average Bonchev–Trinajstić information content (AvgIpc) is 2.59. The van der Waals surface area contributed by atoms with E-state index in [0.29, 0.717) is 23.4 Å². The first-order valence-corrected chi connectivity index (χ1v) is 8.55. The highest BCUT2D eigenvalue weighted by Gasteiger charge is 2.24. The quantitative estimate of drug-likeness (QED) is 0.704. The third-order valence-corrected chi connectivity index (χ3v) is 4.21. The van der Waals surface area contributed by atoms with E-state index < -0.39 is 5.92 Å². The Hall–Kier alpha value is -2.02. The number of nitrogens with two attached hydrogens (primary N) is 1. The molecular weight excluding hydrogens is 318 g/mol. The van der Waals surface area contributed by atoms with Crippen molar-refractivity contribution in [1.82, 2.24) is 9.78 Å². The topological polar surface area (TPSA) is 101 Å². The van der Waals surface area contributed by atoms with Crippen molar-refractivity contribution >= 4 is 0 Å². The maximum absolute atomic E-state index is 12.9. The second-order valence-corrected chi connectivity index (χ2v) is 6.75. The molecule has 0 saturated heterocycles. The summed E-state index contributed by atoms with van der Waals surface area (Å²) in [5.74, 6) is -0.439. The average molecular weight is 345 g/mol. The minimum atomic E-state index is -0.670. The molecule has 0 unspecified atom stereocenters. The third kappa shape index (κ3) is 4.15. The molecule has 0 saturated carbocycles. The zero-order chi connectivity index (χ0) is 18.6. The molecule has 2 rings (SSSR count). The van der Waals surface area contributed by atoms with Gasteiger partial charge in [0.2, 0.25) is 0 Å². The van der Waals surface area contributed by atoms with Crippen LogP contribution < -0.4 is 11.3 Å². The van der Waals surface area contributed by atoms with Crippen LogP contribution in [0.5, 0.6) is 0 Å². The van der Waals surface area contributed by atoms with Crippen molar-refractivity contribution in [1.29, 1.82) is 0 Å². The van der Waals surface area contributed by atoms with Gasteiger partial charge in [0.25, 0.3) is 5.56 Å². The smallest absolute Gasteiger partial charge is 0.270 e. The minimum Gasteiger partial charge on any atom is -0.396 e. The second-order valence-electron chi connectivity index (χ2n) is 6.75. The second kappa shape index (κ2) is 8.38. The molecule has 1 aromatic heterocycles. The normalized spacial score (nSPS) is 11.5. The molecule has 0 fully saturated rings. The molecular formula is C19H27N3O3. The lowest BCUT2D eigenvalue weighted by atomic mass is 9.93. The third-order valence-electron chi connectivity index (χ3n) is 4.21. The fourth-order valence-corrected chi connectivity index (χ4v) is 2.90. The number of hydrogen-bond acceptors (Lipinski definition) is 5. The van der Waals surface area contributed by atoms with Gasteiger partial charge in [-0.3, -0.25) is 4.79 Å². The molecule has 6 nitrogen and oxygen atoms in total. The van der Waals surface area contributed by atoms with Gasteiger partial charge in [0.05, 0.1) is 18.9 Å². The predicted molar refractivity (Wildman–Crippen MR) is 98.3 cm³/mol. The van der Waals surface area contributed by atoms with Gasteiger partial charge in [-0.25, -0.2) is 4.68 Å². The Kier molecular flexibility index (Phi) is 6.47. The molecule has 0 bridgehead atoms. The van der Waals surface area contributed by atoms with Crippen LogP contribution in [0.2, 0.25) is 0 Å². The fourth-order valence-electron chi connectivity index (χ4n) is 2.90. The van der Waals surface area contributed by atoms with E-state index in [-0.39, 0.29) is 31.2 Å². The lowest BCUT2D eigenvalue weighted by molar-refractivity contribution is 0.190. The summed E-state index contributed by atoms with van der Waals surface area (Å²) in [6, 6.07) is 7.84. The molecule has 2 aromatic rings. The molecule has 0 aliphatic carbocycles. The van der Waals surface area contributed by atoms with Gasteiger partial charge in [0.15, 0.2) is 0 Å². The lowest BCUT2D eigenvalue weighted by Gasteiger charge is -2.20. The maximum Gasteiger partial charge on any atom is 0.270 e. The van der Waals surface area contributed by atoms with Crippen LogP contribution in [-0.4, -0.2) is 33.2 Å². The summed E-state index contributed by atoms with van der Waals surface area (Å²) in [6.07, 6.45) is 0. The molecule has 0 aliphatic rings. The molecule has 25 heavy (non-hydrogen) atoms. The molecule has 4 N–H and O–H groups in total. The Labute approximate surface area is 147 Å². The zero-order valence-corrected chi connectivity index (χ0v) is 15.1. The SMILES string of the molecule is Cc1ccc(-c2nn(CC(C)C)c(=O)c(C(CO)CO)c2CN)cc1. The first kappa shape index (κ1) is 19.3. The lowest BCUT2D eigenvalue weighted by Crippen LogP contribution is -2.34. The highest BCUT2D eigenvalue weighted by Crippen LogP contribution is 2.26. The van der Waals surface area contributed by atoms with E-state index in [1.165, 1.54) is 4.68 Å². The maximum atomic E-state index is 12.9. The van der Waals surface area contributed by atoms with E-state index in [4.69, 9.17) is 5.73 Å². The van der Waals surface area contributed by atoms with Gasteiger partial charge in [-0.1, -0.05) is 43.7 Å². The van der Waals surface area contributed by atoms with E-state index in [1.807, 2.05) is 45.0 Å². The van der Waals surface area contributed by atoms with Gasteiger partial charge in [-0.15, -0.1) is 0 Å². The summed E-state index contributed by atoms with van der Waals surface area (Å²) in [5, 5.41) is 23.8. The summed E-state index contributed by atoms with van der Waals surface area (Å²) in [4.78, 5) is 12.9. The summed E-state index contributed by atoms with van der Waals surface area (Å²) < 4.78 is 1.42. The monoisotopic (exact) mass is 345 g/mol. The van der Waals surface area contributed by atoms with E-state index in [0.717, 1.165) is 11.1 Å². The Bertz CT molecular complexity index is 763. The van der Waals surface area contributed by atoms with Crippen LogP contribution in [0.25, 0.3) is 11.3 Å². The van der Waals surface area contributed by atoms with E-state index in [9.17, 15) is 15.0 Å². The van der Waals surface area contributed by atoms with Crippen LogP contribution in [0.15, 0.2) is 29.1 Å². The van der Waals surface area contributed by atoms with Crippen molar-refractivity contribution in [2.75, 3.05) is 13.2 Å². The molecule has 1 aromatic carbocycles. The van der Waals surface area contributed by atoms with Gasteiger partial charge in [0, 0.05) is 35.7 Å². The Balaban J connectivity index is 2.78.